The number of carbonyl (C=O) groups excluding carboxylic acids is 1. The lowest BCUT2D eigenvalue weighted by atomic mass is 9.93. The molecule has 1 saturated heterocycles. The van der Waals surface area contributed by atoms with Crippen LogP contribution in [0.25, 0.3) is 0 Å². The molecule has 20 heavy (non-hydrogen) atoms. The van der Waals surface area contributed by atoms with Crippen molar-refractivity contribution in [2.45, 2.75) is 51.9 Å². The van der Waals surface area contributed by atoms with E-state index in [9.17, 15) is 4.79 Å². The largest absolute Gasteiger partial charge is 0.342 e. The van der Waals surface area contributed by atoms with Crippen LogP contribution in [0.15, 0.2) is 30.3 Å². The van der Waals surface area contributed by atoms with Crippen LogP contribution < -0.4 is 0 Å². The monoisotopic (exact) mass is 273 g/mol. The maximum absolute atomic E-state index is 11.8. The maximum Gasteiger partial charge on any atom is 0.222 e. The lowest BCUT2D eigenvalue weighted by Crippen LogP contribution is -2.31. The molecule has 1 aliphatic rings. The third-order valence-electron chi connectivity index (χ3n) is 4.23. The van der Waals surface area contributed by atoms with Crippen molar-refractivity contribution >= 4 is 5.91 Å². The molecule has 2 heteroatoms. The second kappa shape index (κ2) is 8.08. The van der Waals surface area contributed by atoms with Gasteiger partial charge in [0.25, 0.3) is 0 Å². The molecule has 1 unspecified atom stereocenters. The van der Waals surface area contributed by atoms with Gasteiger partial charge in [0.15, 0.2) is 0 Å². The Labute approximate surface area is 123 Å². The summed E-state index contributed by atoms with van der Waals surface area (Å²) < 4.78 is 0. The molecule has 0 aromatic heterocycles. The van der Waals surface area contributed by atoms with Crippen molar-refractivity contribution in [1.82, 2.24) is 4.90 Å². The van der Waals surface area contributed by atoms with Gasteiger partial charge >= 0.3 is 0 Å². The third kappa shape index (κ3) is 4.66. The summed E-state index contributed by atoms with van der Waals surface area (Å²) in [5.41, 5.74) is 1.40. The number of unbranched alkanes of at least 4 members (excludes halogenated alkanes) is 2. The summed E-state index contributed by atoms with van der Waals surface area (Å²) in [6, 6.07) is 10.7. The molecule has 0 bridgehead atoms. The van der Waals surface area contributed by atoms with E-state index in [0.717, 1.165) is 32.4 Å². The molecule has 1 aromatic carbocycles. The van der Waals surface area contributed by atoms with Gasteiger partial charge in [0.05, 0.1) is 0 Å². The van der Waals surface area contributed by atoms with Gasteiger partial charge in [-0.25, -0.2) is 0 Å². The zero-order chi connectivity index (χ0) is 14.2. The van der Waals surface area contributed by atoms with Gasteiger partial charge in [-0.05, 0) is 30.7 Å². The number of rotatable bonds is 8. The summed E-state index contributed by atoms with van der Waals surface area (Å²) in [7, 11) is 0. The fourth-order valence-corrected chi connectivity index (χ4v) is 3.10. The van der Waals surface area contributed by atoms with E-state index in [-0.39, 0.29) is 0 Å². The van der Waals surface area contributed by atoms with E-state index < -0.39 is 0 Å². The van der Waals surface area contributed by atoms with Gasteiger partial charge in [-0.15, -0.1) is 0 Å². The lowest BCUT2D eigenvalue weighted by Gasteiger charge is -2.24. The summed E-state index contributed by atoms with van der Waals surface area (Å²) in [6.45, 7) is 4.17. The Morgan fingerprint density at radius 1 is 1.20 bits per heavy atom. The normalized spacial score (nSPS) is 16.6. The second-order valence-electron chi connectivity index (χ2n) is 5.99. The number of hydrogen-bond acceptors (Lipinski definition) is 1. The van der Waals surface area contributed by atoms with Gasteiger partial charge in [0.1, 0.15) is 0 Å². The molecule has 0 radical (unpaired) electrons. The third-order valence-corrected chi connectivity index (χ3v) is 4.23. The topological polar surface area (TPSA) is 20.3 Å². The molecule has 0 saturated carbocycles. The first kappa shape index (κ1) is 15.1. The molecular weight excluding hydrogens is 246 g/mol. The molecule has 1 fully saturated rings. The summed E-state index contributed by atoms with van der Waals surface area (Å²) in [6.07, 6.45) is 8.01. The average molecular weight is 273 g/mol. The van der Waals surface area contributed by atoms with E-state index in [2.05, 4.69) is 42.2 Å². The summed E-state index contributed by atoms with van der Waals surface area (Å²) in [4.78, 5) is 13.9. The zero-order valence-electron chi connectivity index (χ0n) is 12.7. The van der Waals surface area contributed by atoms with E-state index in [1.54, 1.807) is 0 Å². The number of carbonyl (C=O) groups is 1. The van der Waals surface area contributed by atoms with Crippen molar-refractivity contribution < 1.29 is 4.79 Å². The van der Waals surface area contributed by atoms with Gasteiger partial charge in [0, 0.05) is 19.5 Å². The van der Waals surface area contributed by atoms with Crippen LogP contribution in [0.1, 0.15) is 51.0 Å². The van der Waals surface area contributed by atoms with Crippen molar-refractivity contribution in [3.63, 3.8) is 0 Å². The van der Waals surface area contributed by atoms with Crippen molar-refractivity contribution in [3.05, 3.63) is 35.9 Å². The van der Waals surface area contributed by atoms with Crippen LogP contribution in [0.3, 0.4) is 0 Å². The van der Waals surface area contributed by atoms with Crippen LogP contribution in [0.5, 0.6) is 0 Å². The highest BCUT2D eigenvalue weighted by Crippen LogP contribution is 2.20. The quantitative estimate of drug-likeness (QED) is 0.654. The van der Waals surface area contributed by atoms with Gasteiger partial charge in [0.2, 0.25) is 5.91 Å². The van der Waals surface area contributed by atoms with Crippen molar-refractivity contribution in [2.75, 3.05) is 13.1 Å². The van der Waals surface area contributed by atoms with E-state index >= 15 is 0 Å². The highest BCUT2D eigenvalue weighted by molar-refractivity contribution is 5.78. The Morgan fingerprint density at radius 2 is 2.00 bits per heavy atom. The molecule has 0 aliphatic carbocycles. The fraction of sp³-hybridized carbons (Fsp3) is 0.611. The molecule has 1 aliphatic heterocycles. The van der Waals surface area contributed by atoms with Gasteiger partial charge in [-0.3, -0.25) is 4.79 Å². The van der Waals surface area contributed by atoms with Crippen LogP contribution in [-0.2, 0) is 11.2 Å². The Balaban J connectivity index is 1.91. The van der Waals surface area contributed by atoms with E-state index in [1.165, 1.54) is 31.2 Å². The summed E-state index contributed by atoms with van der Waals surface area (Å²) in [5, 5.41) is 0. The summed E-state index contributed by atoms with van der Waals surface area (Å²) in [5.74, 6) is 0.976. The van der Waals surface area contributed by atoms with Gasteiger partial charge in [-0.1, -0.05) is 56.5 Å². The predicted octanol–water partition coefficient (Wildman–Crippen LogP) is 4.05. The van der Waals surface area contributed by atoms with Crippen LogP contribution >= 0.6 is 0 Å². The number of amides is 1. The minimum atomic E-state index is 0.360. The molecule has 1 atom stereocenters. The van der Waals surface area contributed by atoms with Gasteiger partial charge in [-0.2, -0.15) is 0 Å². The van der Waals surface area contributed by atoms with E-state index in [4.69, 9.17) is 0 Å². The Bertz CT molecular complexity index is 401. The SMILES string of the molecule is CCCCCC(Cc1ccccc1)CN1CCCC1=O. The summed E-state index contributed by atoms with van der Waals surface area (Å²) >= 11 is 0. The minimum Gasteiger partial charge on any atom is -0.342 e. The number of benzene rings is 1. The number of hydrogen-bond donors (Lipinski definition) is 0. The van der Waals surface area contributed by atoms with Crippen molar-refractivity contribution in [2.24, 2.45) is 5.92 Å². The molecule has 1 heterocycles. The van der Waals surface area contributed by atoms with Crippen LogP contribution in [0.2, 0.25) is 0 Å². The Hall–Kier alpha value is -1.31. The van der Waals surface area contributed by atoms with Crippen LogP contribution in [0.4, 0.5) is 0 Å². The number of likely N-dealkylation sites (tertiary alicyclic amines) is 1. The molecule has 0 spiro atoms. The van der Waals surface area contributed by atoms with Crippen molar-refractivity contribution in [1.29, 1.82) is 0 Å². The Kier molecular flexibility index (Phi) is 6.10. The fourth-order valence-electron chi connectivity index (χ4n) is 3.10. The highest BCUT2D eigenvalue weighted by Gasteiger charge is 2.23. The standard InChI is InChI=1S/C18H27NO/c1-2-3-5-11-17(14-16-9-6-4-7-10-16)15-19-13-8-12-18(19)20/h4,6-7,9-10,17H,2-3,5,8,11-15H2,1H3. The van der Waals surface area contributed by atoms with E-state index in [0.29, 0.717) is 11.8 Å². The van der Waals surface area contributed by atoms with Crippen molar-refractivity contribution in [3.8, 4) is 0 Å². The second-order valence-corrected chi connectivity index (χ2v) is 5.99. The van der Waals surface area contributed by atoms with E-state index in [1.807, 2.05) is 0 Å². The van der Waals surface area contributed by atoms with Crippen LogP contribution in [0, 0.1) is 5.92 Å². The first-order chi connectivity index (χ1) is 9.79. The highest BCUT2D eigenvalue weighted by atomic mass is 16.2. The maximum atomic E-state index is 11.8. The molecule has 1 amide bonds. The zero-order valence-corrected chi connectivity index (χ0v) is 12.7. The molecule has 110 valence electrons. The first-order valence-corrected chi connectivity index (χ1v) is 8.11. The number of nitrogens with zero attached hydrogens (tertiary/aromatic N) is 1. The van der Waals surface area contributed by atoms with Gasteiger partial charge < -0.3 is 4.90 Å². The Morgan fingerprint density at radius 3 is 2.65 bits per heavy atom. The average Bonchev–Trinajstić information content (AvgIpc) is 2.85. The molecule has 1 aromatic rings. The smallest absolute Gasteiger partial charge is 0.222 e. The minimum absolute atomic E-state index is 0.360. The molecular formula is C18H27NO. The molecule has 0 N–H and O–H groups in total. The molecule has 2 rings (SSSR count). The molecule has 2 nitrogen and oxygen atoms in total. The lowest BCUT2D eigenvalue weighted by molar-refractivity contribution is -0.128. The first-order valence-electron chi connectivity index (χ1n) is 8.11. The predicted molar refractivity (Wildman–Crippen MR) is 83.6 cm³/mol. The van der Waals surface area contributed by atoms with Crippen LogP contribution in [-0.4, -0.2) is 23.9 Å².